The Morgan fingerprint density at radius 2 is 1.93 bits per heavy atom. The van der Waals surface area contributed by atoms with Crippen molar-refractivity contribution in [2.24, 2.45) is 0 Å². The molecule has 3 heteroatoms. The Hall–Kier alpha value is -0.120. The van der Waals surface area contributed by atoms with E-state index in [0.29, 0.717) is 6.04 Å². The molecule has 0 aromatic heterocycles. The Labute approximate surface area is 87.5 Å². The van der Waals surface area contributed by atoms with Gasteiger partial charge < -0.3 is 15.3 Å². The summed E-state index contributed by atoms with van der Waals surface area (Å²) >= 11 is 0. The SMILES string of the molecule is CC(C)NC(C)(CO)CN1CCCC1. The second-order valence-electron chi connectivity index (χ2n) is 5.00. The molecule has 0 spiro atoms. The van der Waals surface area contributed by atoms with Gasteiger partial charge in [-0.3, -0.25) is 0 Å². The van der Waals surface area contributed by atoms with Crippen LogP contribution in [0.1, 0.15) is 33.6 Å². The molecule has 84 valence electrons. The molecule has 0 aromatic rings. The number of likely N-dealkylation sites (tertiary alicyclic amines) is 1. The van der Waals surface area contributed by atoms with Crippen molar-refractivity contribution in [1.29, 1.82) is 0 Å². The van der Waals surface area contributed by atoms with Crippen LogP contribution < -0.4 is 5.32 Å². The lowest BCUT2D eigenvalue weighted by Crippen LogP contribution is -2.55. The van der Waals surface area contributed by atoms with Crippen LogP contribution in [0.5, 0.6) is 0 Å². The van der Waals surface area contributed by atoms with Gasteiger partial charge in [0.15, 0.2) is 0 Å². The van der Waals surface area contributed by atoms with Crippen LogP contribution >= 0.6 is 0 Å². The normalized spacial score (nSPS) is 22.9. The van der Waals surface area contributed by atoms with Gasteiger partial charge in [0.25, 0.3) is 0 Å². The molecule has 0 bridgehead atoms. The molecule has 1 saturated heterocycles. The maximum absolute atomic E-state index is 9.41. The van der Waals surface area contributed by atoms with E-state index in [2.05, 4.69) is 31.0 Å². The molecule has 0 aromatic carbocycles. The van der Waals surface area contributed by atoms with Crippen molar-refractivity contribution in [1.82, 2.24) is 10.2 Å². The van der Waals surface area contributed by atoms with E-state index >= 15 is 0 Å². The van der Waals surface area contributed by atoms with Crippen LogP contribution in [0, 0.1) is 0 Å². The van der Waals surface area contributed by atoms with Crippen molar-refractivity contribution >= 4 is 0 Å². The smallest absolute Gasteiger partial charge is 0.0623 e. The molecule has 1 rings (SSSR count). The summed E-state index contributed by atoms with van der Waals surface area (Å²) in [4.78, 5) is 2.44. The maximum atomic E-state index is 9.41. The van der Waals surface area contributed by atoms with Crippen molar-refractivity contribution in [2.45, 2.75) is 45.2 Å². The van der Waals surface area contributed by atoms with Crippen molar-refractivity contribution < 1.29 is 5.11 Å². The Bertz CT molecular complexity index is 167. The van der Waals surface area contributed by atoms with Crippen molar-refractivity contribution in [2.75, 3.05) is 26.2 Å². The van der Waals surface area contributed by atoms with E-state index in [-0.39, 0.29) is 12.1 Å². The summed E-state index contributed by atoms with van der Waals surface area (Å²) in [6.07, 6.45) is 2.62. The molecule has 1 heterocycles. The summed E-state index contributed by atoms with van der Waals surface area (Å²) in [7, 11) is 0. The van der Waals surface area contributed by atoms with Gasteiger partial charge >= 0.3 is 0 Å². The highest BCUT2D eigenvalue weighted by molar-refractivity contribution is 4.88. The van der Waals surface area contributed by atoms with Crippen LogP contribution in [0.2, 0.25) is 0 Å². The highest BCUT2D eigenvalue weighted by atomic mass is 16.3. The third-order valence-electron chi connectivity index (χ3n) is 2.76. The van der Waals surface area contributed by atoms with E-state index in [9.17, 15) is 5.11 Å². The summed E-state index contributed by atoms with van der Waals surface area (Å²) in [5.74, 6) is 0. The van der Waals surface area contributed by atoms with Crippen molar-refractivity contribution in [3.8, 4) is 0 Å². The third kappa shape index (κ3) is 3.56. The topological polar surface area (TPSA) is 35.5 Å². The zero-order valence-electron chi connectivity index (χ0n) is 9.71. The Morgan fingerprint density at radius 3 is 2.36 bits per heavy atom. The van der Waals surface area contributed by atoms with Crippen LogP contribution in [0.25, 0.3) is 0 Å². The quantitative estimate of drug-likeness (QED) is 0.690. The minimum atomic E-state index is -0.140. The van der Waals surface area contributed by atoms with Crippen LogP contribution in [0.15, 0.2) is 0 Å². The van der Waals surface area contributed by atoms with E-state index in [1.807, 2.05) is 0 Å². The first-order valence-corrected chi connectivity index (χ1v) is 5.67. The van der Waals surface area contributed by atoms with Crippen LogP contribution in [0.4, 0.5) is 0 Å². The van der Waals surface area contributed by atoms with Gasteiger partial charge in [0.05, 0.1) is 12.1 Å². The minimum Gasteiger partial charge on any atom is -0.394 e. The van der Waals surface area contributed by atoms with Crippen molar-refractivity contribution in [3.05, 3.63) is 0 Å². The van der Waals surface area contributed by atoms with E-state index < -0.39 is 0 Å². The average Bonchev–Trinajstić information content (AvgIpc) is 2.55. The van der Waals surface area contributed by atoms with E-state index in [4.69, 9.17) is 0 Å². The zero-order valence-corrected chi connectivity index (χ0v) is 9.71. The molecule has 1 aliphatic heterocycles. The molecule has 1 aliphatic rings. The number of nitrogens with zero attached hydrogens (tertiary/aromatic N) is 1. The molecule has 1 atom stereocenters. The first kappa shape index (κ1) is 12.0. The number of hydrogen-bond acceptors (Lipinski definition) is 3. The molecule has 0 aliphatic carbocycles. The average molecular weight is 200 g/mol. The van der Waals surface area contributed by atoms with Gasteiger partial charge in [0.1, 0.15) is 0 Å². The molecule has 0 amide bonds. The molecule has 0 radical (unpaired) electrons. The van der Waals surface area contributed by atoms with E-state index in [1.165, 1.54) is 25.9 Å². The second-order valence-corrected chi connectivity index (χ2v) is 5.00. The molecule has 2 N–H and O–H groups in total. The first-order valence-electron chi connectivity index (χ1n) is 5.67. The molecule has 14 heavy (non-hydrogen) atoms. The summed E-state index contributed by atoms with van der Waals surface area (Å²) in [6.45, 7) is 9.90. The van der Waals surface area contributed by atoms with Gasteiger partial charge in [-0.2, -0.15) is 0 Å². The Balaban J connectivity index is 2.42. The van der Waals surface area contributed by atoms with E-state index in [1.54, 1.807) is 0 Å². The lowest BCUT2D eigenvalue weighted by Gasteiger charge is -2.34. The van der Waals surface area contributed by atoms with Crippen LogP contribution in [-0.2, 0) is 0 Å². The van der Waals surface area contributed by atoms with Gasteiger partial charge in [-0.15, -0.1) is 0 Å². The van der Waals surface area contributed by atoms with Crippen molar-refractivity contribution in [3.63, 3.8) is 0 Å². The fourth-order valence-electron chi connectivity index (χ4n) is 2.27. The summed E-state index contributed by atoms with van der Waals surface area (Å²) in [6, 6.07) is 0.426. The minimum absolute atomic E-state index is 0.140. The Morgan fingerprint density at radius 1 is 1.36 bits per heavy atom. The van der Waals surface area contributed by atoms with Crippen LogP contribution in [0.3, 0.4) is 0 Å². The molecule has 3 nitrogen and oxygen atoms in total. The lowest BCUT2D eigenvalue weighted by molar-refractivity contribution is 0.124. The van der Waals surface area contributed by atoms with E-state index in [0.717, 1.165) is 6.54 Å². The maximum Gasteiger partial charge on any atom is 0.0623 e. The highest BCUT2D eigenvalue weighted by Gasteiger charge is 2.27. The number of nitrogens with one attached hydrogen (secondary N) is 1. The van der Waals surface area contributed by atoms with Crippen LogP contribution in [-0.4, -0.2) is 47.8 Å². The predicted octanol–water partition coefficient (Wildman–Crippen LogP) is 0.831. The summed E-state index contributed by atoms with van der Waals surface area (Å²) in [5, 5.41) is 12.8. The van der Waals surface area contributed by atoms with Gasteiger partial charge in [-0.1, -0.05) is 13.8 Å². The van der Waals surface area contributed by atoms with Gasteiger partial charge in [-0.25, -0.2) is 0 Å². The number of aliphatic hydroxyl groups excluding tert-OH is 1. The lowest BCUT2D eigenvalue weighted by atomic mass is 10.0. The molecule has 1 unspecified atom stereocenters. The molecular formula is C11H24N2O. The summed E-state index contributed by atoms with van der Waals surface area (Å²) in [5.41, 5.74) is -0.140. The summed E-state index contributed by atoms with van der Waals surface area (Å²) < 4.78 is 0. The molecular weight excluding hydrogens is 176 g/mol. The number of hydrogen-bond donors (Lipinski definition) is 2. The monoisotopic (exact) mass is 200 g/mol. The largest absolute Gasteiger partial charge is 0.394 e. The number of aliphatic hydroxyl groups is 1. The molecule has 1 fully saturated rings. The number of rotatable bonds is 5. The highest BCUT2D eigenvalue weighted by Crippen LogP contribution is 2.13. The second kappa shape index (κ2) is 5.10. The first-order chi connectivity index (χ1) is 6.56. The third-order valence-corrected chi connectivity index (χ3v) is 2.76. The standard InChI is InChI=1S/C11H24N2O/c1-10(2)12-11(3,9-14)8-13-6-4-5-7-13/h10,12,14H,4-9H2,1-3H3. The zero-order chi connectivity index (χ0) is 10.6. The van der Waals surface area contributed by atoms with Gasteiger partial charge in [0, 0.05) is 12.6 Å². The fraction of sp³-hybridized carbons (Fsp3) is 1.00. The van der Waals surface area contributed by atoms with Gasteiger partial charge in [0.2, 0.25) is 0 Å². The van der Waals surface area contributed by atoms with Gasteiger partial charge in [-0.05, 0) is 32.9 Å². The fourth-order valence-corrected chi connectivity index (χ4v) is 2.27. The Kier molecular flexibility index (Phi) is 4.35. The predicted molar refractivity (Wildman–Crippen MR) is 59.4 cm³/mol. The molecule has 0 saturated carbocycles.